The number of esters is 1. The van der Waals surface area contributed by atoms with Crippen molar-refractivity contribution in [1.29, 1.82) is 0 Å². The predicted octanol–water partition coefficient (Wildman–Crippen LogP) is 7.71. The Labute approximate surface area is 237 Å². The van der Waals surface area contributed by atoms with E-state index < -0.39 is 0 Å². The third-order valence-corrected chi connectivity index (χ3v) is 7.74. The molecule has 0 bridgehead atoms. The zero-order chi connectivity index (χ0) is 28.1. The van der Waals surface area contributed by atoms with Crippen molar-refractivity contribution in [2.75, 3.05) is 13.2 Å². The molecule has 0 atom stereocenters. The molecule has 0 fully saturated rings. The molecule has 0 aliphatic carbocycles. The number of para-hydroxylation sites is 1. The molecule has 5 nitrogen and oxygen atoms in total. The summed E-state index contributed by atoms with van der Waals surface area (Å²) in [5, 5.41) is 0. The smallest absolute Gasteiger partial charge is 0.341 e. The van der Waals surface area contributed by atoms with Crippen LogP contribution in [0.25, 0.3) is 11.3 Å². The number of carbonyl (C=O) groups is 1. The molecule has 5 heteroatoms. The average molecular weight is 535 g/mol. The first-order chi connectivity index (χ1) is 19.5. The van der Waals surface area contributed by atoms with Crippen LogP contribution in [0.3, 0.4) is 0 Å². The van der Waals surface area contributed by atoms with E-state index in [-0.39, 0.29) is 5.97 Å². The fourth-order valence-corrected chi connectivity index (χ4v) is 5.62. The van der Waals surface area contributed by atoms with E-state index in [1.54, 1.807) is 6.07 Å². The number of benzene rings is 3. The van der Waals surface area contributed by atoms with Crippen LogP contribution in [0.4, 0.5) is 0 Å². The second-order valence-electron chi connectivity index (χ2n) is 10.3. The molecule has 0 amide bonds. The lowest BCUT2D eigenvalue weighted by Crippen LogP contribution is -2.30. The largest absolute Gasteiger partial charge is 0.462 e. The van der Waals surface area contributed by atoms with Crippen LogP contribution < -0.4 is 4.74 Å². The fraction of sp³-hybridized carbons (Fsp3) is 0.314. The summed E-state index contributed by atoms with van der Waals surface area (Å²) >= 11 is 0. The summed E-state index contributed by atoms with van der Waals surface area (Å²) in [6.45, 7) is 11.1. The molecule has 0 saturated heterocycles. The van der Waals surface area contributed by atoms with E-state index in [4.69, 9.17) is 14.5 Å². The fourth-order valence-electron chi connectivity index (χ4n) is 5.62. The molecule has 1 aliphatic rings. The van der Waals surface area contributed by atoms with Crippen LogP contribution in [0, 0.1) is 6.92 Å². The second-order valence-corrected chi connectivity index (χ2v) is 10.3. The summed E-state index contributed by atoms with van der Waals surface area (Å²) in [6, 6.07) is 24.5. The zero-order valence-electron chi connectivity index (χ0n) is 24.0. The molecule has 0 N–H and O–H groups in total. The van der Waals surface area contributed by atoms with Crippen molar-refractivity contribution in [1.82, 2.24) is 9.88 Å². The van der Waals surface area contributed by atoms with Gasteiger partial charge in [-0.25, -0.2) is 4.79 Å². The minimum absolute atomic E-state index is 0.307. The number of carbonyl (C=O) groups excluding carboxylic acids is 1. The molecule has 0 unspecified atom stereocenters. The van der Waals surface area contributed by atoms with E-state index >= 15 is 0 Å². The molecular weight excluding hydrogens is 496 g/mol. The first-order valence-corrected chi connectivity index (χ1v) is 14.4. The van der Waals surface area contributed by atoms with Gasteiger partial charge in [0.15, 0.2) is 0 Å². The van der Waals surface area contributed by atoms with Gasteiger partial charge < -0.3 is 9.47 Å². The van der Waals surface area contributed by atoms with Crippen LogP contribution in [0.2, 0.25) is 0 Å². The maximum Gasteiger partial charge on any atom is 0.341 e. The predicted molar refractivity (Wildman–Crippen MR) is 160 cm³/mol. The summed E-state index contributed by atoms with van der Waals surface area (Å²) in [5.41, 5.74) is 9.81. The van der Waals surface area contributed by atoms with Crippen molar-refractivity contribution in [3.8, 4) is 22.8 Å². The Hall–Kier alpha value is -3.96. The van der Waals surface area contributed by atoms with E-state index in [2.05, 4.69) is 74.2 Å². The number of hydrogen-bond donors (Lipinski definition) is 0. The van der Waals surface area contributed by atoms with Gasteiger partial charge in [-0.05, 0) is 67.5 Å². The van der Waals surface area contributed by atoms with Crippen molar-refractivity contribution >= 4 is 5.97 Å². The SMILES string of the molecule is CCOC(=O)c1ccccc1Oc1cc(-c2c(CC)cccc2CC)nc(C)c1CN1CCc2ccccc2C1. The van der Waals surface area contributed by atoms with Gasteiger partial charge in [-0.2, -0.15) is 0 Å². The molecule has 206 valence electrons. The van der Waals surface area contributed by atoms with E-state index in [0.29, 0.717) is 24.5 Å². The Morgan fingerprint density at radius 2 is 1.57 bits per heavy atom. The number of aryl methyl sites for hydroxylation is 3. The molecule has 0 spiro atoms. The van der Waals surface area contributed by atoms with Crippen molar-refractivity contribution in [2.45, 2.75) is 60.0 Å². The van der Waals surface area contributed by atoms with Crippen LogP contribution in [0.1, 0.15) is 64.6 Å². The highest BCUT2D eigenvalue weighted by atomic mass is 16.5. The van der Waals surface area contributed by atoms with Gasteiger partial charge in [0.2, 0.25) is 0 Å². The standard InChI is InChI=1S/C35H38N2O3/c1-5-25-15-12-16-26(6-2)34(25)31-21-33(40-32-18-11-10-17-29(32)35(38)39-7-3)30(24(4)36-31)23-37-20-19-27-13-8-9-14-28(27)22-37/h8-18,21H,5-7,19-20,22-23H2,1-4H3. The highest BCUT2D eigenvalue weighted by molar-refractivity contribution is 5.92. The van der Waals surface area contributed by atoms with Crippen molar-refractivity contribution in [3.63, 3.8) is 0 Å². The Bertz CT molecular complexity index is 1490. The lowest BCUT2D eigenvalue weighted by Gasteiger charge is -2.30. The monoisotopic (exact) mass is 534 g/mol. The maximum atomic E-state index is 12.8. The minimum atomic E-state index is -0.386. The van der Waals surface area contributed by atoms with E-state index in [9.17, 15) is 4.79 Å². The Balaban J connectivity index is 1.59. The molecule has 4 aromatic rings. The van der Waals surface area contributed by atoms with Crippen LogP contribution in [0.5, 0.6) is 11.5 Å². The van der Waals surface area contributed by atoms with Gasteiger partial charge in [-0.3, -0.25) is 9.88 Å². The lowest BCUT2D eigenvalue weighted by atomic mass is 9.94. The normalized spacial score (nSPS) is 13.1. The first kappa shape index (κ1) is 27.6. The summed E-state index contributed by atoms with van der Waals surface area (Å²) in [5.74, 6) is 0.830. The topological polar surface area (TPSA) is 51.7 Å². The van der Waals surface area contributed by atoms with Gasteiger partial charge in [0.25, 0.3) is 0 Å². The molecule has 1 aromatic heterocycles. The highest BCUT2D eigenvalue weighted by Crippen LogP contribution is 2.37. The number of ether oxygens (including phenoxy) is 2. The molecule has 1 aliphatic heterocycles. The summed E-state index contributed by atoms with van der Waals surface area (Å²) in [7, 11) is 0. The first-order valence-electron chi connectivity index (χ1n) is 14.4. The minimum Gasteiger partial charge on any atom is -0.462 e. The van der Waals surface area contributed by atoms with E-state index in [0.717, 1.165) is 55.1 Å². The van der Waals surface area contributed by atoms with Crippen LogP contribution >= 0.6 is 0 Å². The second kappa shape index (κ2) is 12.5. The summed E-state index contributed by atoms with van der Waals surface area (Å²) < 4.78 is 12.0. The van der Waals surface area contributed by atoms with Gasteiger partial charge in [0.1, 0.15) is 17.1 Å². The van der Waals surface area contributed by atoms with Gasteiger partial charge in [0.05, 0.1) is 12.3 Å². The number of rotatable bonds is 9. The molecule has 0 saturated carbocycles. The number of fused-ring (bicyclic) bond motifs is 1. The van der Waals surface area contributed by atoms with Gasteiger partial charge in [0, 0.05) is 42.5 Å². The summed E-state index contributed by atoms with van der Waals surface area (Å²) in [4.78, 5) is 20.4. The van der Waals surface area contributed by atoms with Crippen molar-refractivity contribution < 1.29 is 14.3 Å². The zero-order valence-corrected chi connectivity index (χ0v) is 24.0. The summed E-state index contributed by atoms with van der Waals surface area (Å²) in [6.07, 6.45) is 2.85. The maximum absolute atomic E-state index is 12.8. The third kappa shape index (κ3) is 5.80. The average Bonchev–Trinajstić information content (AvgIpc) is 2.98. The Kier molecular flexibility index (Phi) is 8.61. The number of pyridine rings is 1. The van der Waals surface area contributed by atoms with Crippen LogP contribution in [-0.4, -0.2) is 29.0 Å². The molecule has 0 radical (unpaired) electrons. The van der Waals surface area contributed by atoms with Crippen molar-refractivity contribution in [3.05, 3.63) is 112 Å². The Morgan fingerprint density at radius 3 is 2.30 bits per heavy atom. The lowest BCUT2D eigenvalue weighted by molar-refractivity contribution is 0.0523. The number of aromatic nitrogens is 1. The molecule has 3 aromatic carbocycles. The molecular formula is C35H38N2O3. The van der Waals surface area contributed by atoms with Crippen molar-refractivity contribution in [2.24, 2.45) is 0 Å². The molecule has 2 heterocycles. The van der Waals surface area contributed by atoms with E-state index in [1.165, 1.54) is 27.8 Å². The Morgan fingerprint density at radius 1 is 0.875 bits per heavy atom. The van der Waals surface area contributed by atoms with Gasteiger partial charge in [-0.1, -0.05) is 68.4 Å². The highest BCUT2D eigenvalue weighted by Gasteiger charge is 2.23. The van der Waals surface area contributed by atoms with Crippen LogP contribution in [0.15, 0.2) is 72.8 Å². The van der Waals surface area contributed by atoms with Gasteiger partial charge >= 0.3 is 5.97 Å². The number of nitrogens with zero attached hydrogens (tertiary/aromatic N) is 2. The van der Waals surface area contributed by atoms with Gasteiger partial charge in [-0.15, -0.1) is 0 Å². The molecule has 40 heavy (non-hydrogen) atoms. The quantitative estimate of drug-likeness (QED) is 0.206. The molecule has 5 rings (SSSR count). The third-order valence-electron chi connectivity index (χ3n) is 7.74. The van der Waals surface area contributed by atoms with Crippen LogP contribution in [-0.2, 0) is 37.1 Å². The number of hydrogen-bond acceptors (Lipinski definition) is 5. The van der Waals surface area contributed by atoms with E-state index in [1.807, 2.05) is 25.1 Å².